The zero-order valence-electron chi connectivity index (χ0n) is 11.6. The van der Waals surface area contributed by atoms with Gasteiger partial charge in [0.15, 0.2) is 0 Å². The first-order chi connectivity index (χ1) is 8.21. The Balaban J connectivity index is 2.33. The summed E-state index contributed by atoms with van der Waals surface area (Å²) in [6, 6.07) is 0. The standard InChI is InChI=1S/C15H22O3/c1-5-18-12(16)11-6-7-15(17)10-13(2,3)9-14(15,4)8-11/h6-8,17H,5,9-10H2,1-4H3/t14-,15+/m0/s1. The highest BCUT2D eigenvalue weighted by Crippen LogP contribution is 2.58. The van der Waals surface area contributed by atoms with Crippen molar-refractivity contribution in [2.24, 2.45) is 10.8 Å². The van der Waals surface area contributed by atoms with E-state index in [1.54, 1.807) is 19.1 Å². The summed E-state index contributed by atoms with van der Waals surface area (Å²) >= 11 is 0. The normalized spacial score (nSPS) is 37.1. The van der Waals surface area contributed by atoms with Gasteiger partial charge >= 0.3 is 5.97 Å². The van der Waals surface area contributed by atoms with Crippen LogP contribution >= 0.6 is 0 Å². The van der Waals surface area contributed by atoms with E-state index >= 15 is 0 Å². The molecule has 0 amide bonds. The van der Waals surface area contributed by atoms with Crippen LogP contribution in [0.4, 0.5) is 0 Å². The van der Waals surface area contributed by atoms with Crippen LogP contribution in [0.1, 0.15) is 40.5 Å². The minimum absolute atomic E-state index is 0.0778. The molecular formula is C15H22O3. The van der Waals surface area contributed by atoms with Crippen molar-refractivity contribution in [1.82, 2.24) is 0 Å². The van der Waals surface area contributed by atoms with E-state index in [1.807, 2.05) is 13.0 Å². The highest BCUT2D eigenvalue weighted by atomic mass is 16.5. The molecule has 0 aromatic heterocycles. The summed E-state index contributed by atoms with van der Waals surface area (Å²) in [6.07, 6.45) is 6.94. The fourth-order valence-electron chi connectivity index (χ4n) is 3.53. The lowest BCUT2D eigenvalue weighted by atomic mass is 9.71. The lowest BCUT2D eigenvalue weighted by molar-refractivity contribution is -0.138. The Hall–Kier alpha value is -1.09. The molecule has 18 heavy (non-hydrogen) atoms. The van der Waals surface area contributed by atoms with Crippen molar-refractivity contribution in [2.45, 2.75) is 46.1 Å². The molecule has 1 N–H and O–H groups in total. The fraction of sp³-hybridized carbons (Fsp3) is 0.667. The van der Waals surface area contributed by atoms with E-state index in [2.05, 4.69) is 13.8 Å². The third-order valence-corrected chi connectivity index (χ3v) is 4.11. The molecule has 0 aliphatic heterocycles. The van der Waals surface area contributed by atoms with Gasteiger partial charge < -0.3 is 9.84 Å². The Morgan fingerprint density at radius 2 is 2.06 bits per heavy atom. The van der Waals surface area contributed by atoms with Crippen LogP contribution in [-0.4, -0.2) is 23.3 Å². The Morgan fingerprint density at radius 3 is 2.67 bits per heavy atom. The molecule has 3 nitrogen and oxygen atoms in total. The number of carbonyl (C=O) groups excluding carboxylic acids is 1. The van der Waals surface area contributed by atoms with Gasteiger partial charge in [0.1, 0.15) is 0 Å². The second-order valence-corrected chi connectivity index (χ2v) is 6.51. The van der Waals surface area contributed by atoms with Crippen molar-refractivity contribution in [3.63, 3.8) is 0 Å². The largest absolute Gasteiger partial charge is 0.462 e. The SMILES string of the molecule is CCOC(=O)C1=C[C@@]2(C)CC(C)(C)C[C@]2(O)C=C1. The van der Waals surface area contributed by atoms with E-state index in [0.29, 0.717) is 12.2 Å². The molecule has 0 radical (unpaired) electrons. The van der Waals surface area contributed by atoms with Crippen LogP contribution in [0.3, 0.4) is 0 Å². The van der Waals surface area contributed by atoms with Crippen molar-refractivity contribution in [2.75, 3.05) is 6.61 Å². The maximum atomic E-state index is 11.8. The van der Waals surface area contributed by atoms with Crippen LogP contribution in [0.2, 0.25) is 0 Å². The molecule has 3 heteroatoms. The van der Waals surface area contributed by atoms with E-state index in [1.165, 1.54) is 0 Å². The van der Waals surface area contributed by atoms with Gasteiger partial charge in [0.25, 0.3) is 0 Å². The maximum Gasteiger partial charge on any atom is 0.337 e. The van der Waals surface area contributed by atoms with Gasteiger partial charge in [0, 0.05) is 5.41 Å². The molecule has 2 aliphatic carbocycles. The van der Waals surface area contributed by atoms with E-state index in [0.717, 1.165) is 12.8 Å². The zero-order chi connectivity index (χ0) is 13.6. The second kappa shape index (κ2) is 3.95. The first-order valence-electron chi connectivity index (χ1n) is 6.53. The van der Waals surface area contributed by atoms with Crippen molar-refractivity contribution in [1.29, 1.82) is 0 Å². The highest BCUT2D eigenvalue weighted by molar-refractivity contribution is 5.92. The number of carbonyl (C=O) groups is 1. The Labute approximate surface area is 109 Å². The van der Waals surface area contributed by atoms with Gasteiger partial charge in [-0.15, -0.1) is 0 Å². The average molecular weight is 250 g/mol. The maximum absolute atomic E-state index is 11.8. The lowest BCUT2D eigenvalue weighted by Crippen LogP contribution is -2.41. The smallest absolute Gasteiger partial charge is 0.337 e. The van der Waals surface area contributed by atoms with Gasteiger partial charge in [-0.1, -0.05) is 32.9 Å². The van der Waals surface area contributed by atoms with Gasteiger partial charge in [-0.05, 0) is 31.3 Å². The molecule has 2 aliphatic rings. The molecule has 0 saturated heterocycles. The molecule has 2 atom stereocenters. The molecule has 0 aromatic rings. The Bertz CT molecular complexity index is 433. The van der Waals surface area contributed by atoms with Gasteiger partial charge in [0.05, 0.1) is 17.8 Å². The van der Waals surface area contributed by atoms with Gasteiger partial charge in [0.2, 0.25) is 0 Å². The average Bonchev–Trinajstić information content (AvgIpc) is 2.41. The number of esters is 1. The van der Waals surface area contributed by atoms with Crippen LogP contribution in [0, 0.1) is 10.8 Å². The monoisotopic (exact) mass is 250 g/mol. The van der Waals surface area contributed by atoms with Gasteiger partial charge in [-0.2, -0.15) is 0 Å². The summed E-state index contributed by atoms with van der Waals surface area (Å²) < 4.78 is 5.02. The Kier molecular flexibility index (Phi) is 2.93. The molecule has 0 bridgehead atoms. The van der Waals surface area contributed by atoms with Gasteiger partial charge in [-0.25, -0.2) is 4.79 Å². The third-order valence-electron chi connectivity index (χ3n) is 4.11. The van der Waals surface area contributed by atoms with Crippen LogP contribution < -0.4 is 0 Å². The molecule has 1 saturated carbocycles. The van der Waals surface area contributed by atoms with E-state index in [9.17, 15) is 9.90 Å². The van der Waals surface area contributed by atoms with Crippen LogP contribution in [0.5, 0.6) is 0 Å². The van der Waals surface area contributed by atoms with Crippen molar-refractivity contribution >= 4 is 5.97 Å². The molecule has 2 rings (SSSR count). The summed E-state index contributed by atoms with van der Waals surface area (Å²) in [5.41, 5.74) is -0.587. The number of fused-ring (bicyclic) bond motifs is 1. The molecule has 100 valence electrons. The second-order valence-electron chi connectivity index (χ2n) is 6.51. The Morgan fingerprint density at radius 1 is 1.39 bits per heavy atom. The summed E-state index contributed by atoms with van der Waals surface area (Å²) in [7, 11) is 0. The first kappa shape index (κ1) is 13.3. The number of rotatable bonds is 2. The number of ether oxygens (including phenoxy) is 1. The highest BCUT2D eigenvalue weighted by Gasteiger charge is 2.56. The van der Waals surface area contributed by atoms with Crippen molar-refractivity contribution in [3.05, 3.63) is 23.8 Å². The predicted octanol–water partition coefficient (Wildman–Crippen LogP) is 2.60. The van der Waals surface area contributed by atoms with Crippen molar-refractivity contribution in [3.8, 4) is 0 Å². The summed E-state index contributed by atoms with van der Waals surface area (Å²) in [6.45, 7) is 8.49. The number of hydrogen-bond acceptors (Lipinski definition) is 3. The number of aliphatic hydroxyl groups is 1. The lowest BCUT2D eigenvalue weighted by Gasteiger charge is -2.37. The molecular weight excluding hydrogens is 228 g/mol. The predicted molar refractivity (Wildman–Crippen MR) is 69.9 cm³/mol. The summed E-state index contributed by atoms with van der Waals surface area (Å²) in [5.74, 6) is -0.304. The molecule has 0 spiro atoms. The molecule has 0 aromatic carbocycles. The van der Waals surface area contributed by atoms with Crippen molar-refractivity contribution < 1.29 is 14.6 Å². The fourth-order valence-corrected chi connectivity index (χ4v) is 3.53. The summed E-state index contributed by atoms with van der Waals surface area (Å²) in [5, 5.41) is 10.8. The van der Waals surface area contributed by atoms with E-state index in [-0.39, 0.29) is 16.8 Å². The quantitative estimate of drug-likeness (QED) is 0.766. The summed E-state index contributed by atoms with van der Waals surface area (Å²) in [4.78, 5) is 11.8. The first-order valence-corrected chi connectivity index (χ1v) is 6.53. The molecule has 0 unspecified atom stereocenters. The molecule has 0 heterocycles. The van der Waals surface area contributed by atoms with Crippen LogP contribution in [-0.2, 0) is 9.53 Å². The van der Waals surface area contributed by atoms with Crippen LogP contribution in [0.15, 0.2) is 23.8 Å². The molecule has 1 fully saturated rings. The number of hydrogen-bond donors (Lipinski definition) is 1. The minimum atomic E-state index is -0.841. The van der Waals surface area contributed by atoms with E-state index < -0.39 is 5.60 Å². The van der Waals surface area contributed by atoms with Crippen LogP contribution in [0.25, 0.3) is 0 Å². The van der Waals surface area contributed by atoms with Gasteiger partial charge in [-0.3, -0.25) is 0 Å². The zero-order valence-corrected chi connectivity index (χ0v) is 11.6. The van der Waals surface area contributed by atoms with E-state index in [4.69, 9.17) is 4.74 Å². The third kappa shape index (κ3) is 2.01. The topological polar surface area (TPSA) is 46.5 Å². The minimum Gasteiger partial charge on any atom is -0.462 e.